The van der Waals surface area contributed by atoms with Crippen LogP contribution in [0.1, 0.15) is 0 Å². The Balaban J connectivity index is 4.91. The van der Waals surface area contributed by atoms with Crippen molar-refractivity contribution in [2.45, 2.75) is 16.8 Å². The quantitative estimate of drug-likeness (QED) is 0.361. The molecule has 77 valence electrons. The Morgan fingerprint density at radius 3 is 1.69 bits per heavy atom. The average molecular weight is 273 g/mol. The van der Waals surface area contributed by atoms with Gasteiger partial charge in [0, 0.05) is 0 Å². The summed E-state index contributed by atoms with van der Waals surface area (Å²) in [6.07, 6.45) is -5.59. The Morgan fingerprint density at radius 1 is 1.08 bits per heavy atom. The zero-order valence-electron chi connectivity index (χ0n) is 5.55. The highest BCUT2D eigenvalue weighted by Gasteiger charge is 2.70. The number of amides is 1. The highest BCUT2D eigenvalue weighted by atomic mass is 79.9. The van der Waals surface area contributed by atoms with Crippen molar-refractivity contribution in [2.75, 3.05) is 0 Å². The van der Waals surface area contributed by atoms with Gasteiger partial charge in [-0.25, -0.2) is 4.39 Å². The van der Waals surface area contributed by atoms with Gasteiger partial charge in [-0.2, -0.15) is 22.0 Å². The van der Waals surface area contributed by atoms with E-state index in [9.17, 15) is 31.1 Å². The fourth-order valence-corrected chi connectivity index (χ4v) is 0.420. The summed E-state index contributed by atoms with van der Waals surface area (Å²) >= 11 is 1.14. The summed E-state index contributed by atoms with van der Waals surface area (Å²) in [5.74, 6) is 0. The summed E-state index contributed by atoms with van der Waals surface area (Å²) in [5.41, 5.74) is 0. The van der Waals surface area contributed by atoms with Gasteiger partial charge in [-0.1, -0.05) is 0 Å². The Labute approximate surface area is 76.4 Å². The Kier molecular flexibility index (Phi) is 3.23. The van der Waals surface area contributed by atoms with Crippen LogP contribution in [0.4, 0.5) is 26.3 Å². The van der Waals surface area contributed by atoms with Crippen molar-refractivity contribution in [3.05, 3.63) is 0 Å². The standard InChI is InChI=1S/C4HBrF6NO/c5-2(6,3(7,8)9)4(10,11)12-1-13/h(H,12,13). The lowest BCUT2D eigenvalue weighted by atomic mass is 10.3. The Bertz CT molecular complexity index is 201. The Hall–Kier alpha value is -0.470. The molecule has 1 amide bonds. The van der Waals surface area contributed by atoms with Gasteiger partial charge in [-0.15, -0.1) is 0 Å². The van der Waals surface area contributed by atoms with E-state index in [1.807, 2.05) is 0 Å². The van der Waals surface area contributed by atoms with Crippen LogP contribution in [0.15, 0.2) is 0 Å². The monoisotopic (exact) mass is 272 g/mol. The van der Waals surface area contributed by atoms with E-state index in [1.165, 1.54) is 0 Å². The van der Waals surface area contributed by atoms with Crippen molar-refractivity contribution in [3.8, 4) is 0 Å². The maximum atomic E-state index is 12.4. The lowest BCUT2D eigenvalue weighted by Crippen LogP contribution is -2.58. The molecule has 0 aromatic heterocycles. The number of halogens is 7. The van der Waals surface area contributed by atoms with Gasteiger partial charge in [-0.3, -0.25) is 10.1 Å². The van der Waals surface area contributed by atoms with Crippen LogP contribution in [0.25, 0.3) is 0 Å². The van der Waals surface area contributed by atoms with Crippen LogP contribution < -0.4 is 5.32 Å². The molecule has 1 radical (unpaired) electrons. The summed E-state index contributed by atoms with van der Waals surface area (Å²) in [5, 5.41) is 0.288. The van der Waals surface area contributed by atoms with Gasteiger partial charge in [0.1, 0.15) is 0 Å². The van der Waals surface area contributed by atoms with Crippen molar-refractivity contribution in [1.82, 2.24) is 5.32 Å². The van der Waals surface area contributed by atoms with Gasteiger partial charge in [0.2, 0.25) is 0 Å². The molecule has 2 nitrogen and oxygen atoms in total. The van der Waals surface area contributed by atoms with Crippen LogP contribution in [-0.4, -0.2) is 23.2 Å². The Morgan fingerprint density at radius 2 is 1.46 bits per heavy atom. The minimum absolute atomic E-state index is 0.266. The predicted octanol–water partition coefficient (Wildman–Crippen LogP) is 1.86. The van der Waals surface area contributed by atoms with Crippen molar-refractivity contribution in [1.29, 1.82) is 0 Å². The van der Waals surface area contributed by atoms with Gasteiger partial charge < -0.3 is 0 Å². The zero-order valence-corrected chi connectivity index (χ0v) is 7.14. The molecule has 0 fully saturated rings. The van der Waals surface area contributed by atoms with E-state index in [4.69, 9.17) is 0 Å². The van der Waals surface area contributed by atoms with Crippen LogP contribution in [0.5, 0.6) is 0 Å². The van der Waals surface area contributed by atoms with E-state index < -0.39 is 16.8 Å². The van der Waals surface area contributed by atoms with E-state index in [2.05, 4.69) is 0 Å². The molecular weight excluding hydrogens is 272 g/mol. The molecule has 1 unspecified atom stereocenters. The fraction of sp³-hybridized carbons (Fsp3) is 0.750. The molecule has 1 atom stereocenters. The molecule has 13 heavy (non-hydrogen) atoms. The molecule has 0 aromatic rings. The van der Waals surface area contributed by atoms with Gasteiger partial charge in [0.15, 0.2) is 0 Å². The van der Waals surface area contributed by atoms with Crippen molar-refractivity contribution >= 4 is 22.3 Å². The third-order valence-electron chi connectivity index (χ3n) is 0.958. The van der Waals surface area contributed by atoms with E-state index >= 15 is 0 Å². The van der Waals surface area contributed by atoms with Gasteiger partial charge in [0.25, 0.3) is 0 Å². The molecule has 9 heteroatoms. The third kappa shape index (κ3) is 2.26. The second-order valence-electron chi connectivity index (χ2n) is 1.87. The lowest BCUT2D eigenvalue weighted by molar-refractivity contribution is -0.262. The molecule has 0 aliphatic rings. The molecule has 0 bridgehead atoms. The van der Waals surface area contributed by atoms with Crippen LogP contribution in [0, 0.1) is 0 Å². The zero-order chi connectivity index (χ0) is 10.9. The number of carbonyl (C=O) groups excluding carboxylic acids is 1. The topological polar surface area (TPSA) is 29.1 Å². The highest BCUT2D eigenvalue weighted by Crippen LogP contribution is 2.48. The molecule has 0 saturated heterocycles. The number of alkyl halides is 7. The fourth-order valence-electron chi connectivity index (χ4n) is 0.321. The smallest absolute Gasteiger partial charge is 0.285 e. The number of hydrogen-bond acceptors (Lipinski definition) is 1. The van der Waals surface area contributed by atoms with E-state index in [0.717, 1.165) is 15.9 Å². The molecule has 0 rings (SSSR count). The molecule has 0 aliphatic heterocycles. The van der Waals surface area contributed by atoms with Crippen LogP contribution >= 0.6 is 15.9 Å². The minimum Gasteiger partial charge on any atom is -0.285 e. The molecule has 0 aliphatic carbocycles. The molecular formula is C4HBrF6NO. The number of hydrogen-bond donors (Lipinski definition) is 1. The first-order valence-corrected chi connectivity index (χ1v) is 3.32. The predicted molar refractivity (Wildman–Crippen MR) is 32.6 cm³/mol. The summed E-state index contributed by atoms with van der Waals surface area (Å²) in [6, 6.07) is -5.12. The van der Waals surface area contributed by atoms with Crippen LogP contribution in [-0.2, 0) is 4.79 Å². The SMILES string of the molecule is O=[C]NC(F)(F)C(F)(Br)C(F)(F)F. The number of rotatable bonds is 3. The van der Waals surface area contributed by atoms with E-state index in [1.54, 1.807) is 0 Å². The molecule has 0 aromatic carbocycles. The van der Waals surface area contributed by atoms with Gasteiger partial charge in [0.05, 0.1) is 0 Å². The maximum Gasteiger partial charge on any atom is 0.441 e. The second kappa shape index (κ2) is 3.35. The van der Waals surface area contributed by atoms with Gasteiger partial charge >= 0.3 is 23.2 Å². The van der Waals surface area contributed by atoms with Crippen molar-refractivity contribution in [3.63, 3.8) is 0 Å². The molecule has 0 heterocycles. The largest absolute Gasteiger partial charge is 0.441 e. The summed E-state index contributed by atoms with van der Waals surface area (Å²) in [4.78, 5) is 9.32. The normalized spacial score (nSPS) is 17.8. The van der Waals surface area contributed by atoms with Crippen LogP contribution in [0.2, 0.25) is 0 Å². The maximum absolute atomic E-state index is 12.4. The molecule has 1 N–H and O–H groups in total. The number of nitrogens with one attached hydrogen (secondary N) is 1. The summed E-state index contributed by atoms with van der Waals surface area (Å²) in [6.45, 7) is 0. The van der Waals surface area contributed by atoms with Gasteiger partial charge in [-0.05, 0) is 15.9 Å². The summed E-state index contributed by atoms with van der Waals surface area (Å²) in [7, 11) is 0. The van der Waals surface area contributed by atoms with E-state index in [-0.39, 0.29) is 11.7 Å². The molecule has 0 spiro atoms. The van der Waals surface area contributed by atoms with E-state index in [0.29, 0.717) is 0 Å². The third-order valence-corrected chi connectivity index (χ3v) is 1.91. The first-order valence-electron chi connectivity index (χ1n) is 2.53. The van der Waals surface area contributed by atoms with Crippen molar-refractivity contribution in [2.24, 2.45) is 0 Å². The van der Waals surface area contributed by atoms with Crippen molar-refractivity contribution < 1.29 is 31.1 Å². The highest BCUT2D eigenvalue weighted by molar-refractivity contribution is 9.10. The lowest BCUT2D eigenvalue weighted by Gasteiger charge is -2.28. The van der Waals surface area contributed by atoms with Crippen LogP contribution in [0.3, 0.4) is 0 Å². The first kappa shape index (κ1) is 12.5. The second-order valence-corrected chi connectivity index (χ2v) is 2.97. The molecule has 0 saturated carbocycles. The summed E-state index contributed by atoms with van der Waals surface area (Å²) < 4.78 is 66.5. The minimum atomic E-state index is -5.86. The first-order chi connectivity index (χ1) is 5.56. The average Bonchev–Trinajstić information content (AvgIpc) is 1.84.